The third kappa shape index (κ3) is 5.13. The van der Waals surface area contributed by atoms with Crippen molar-refractivity contribution >= 4 is 17.6 Å². The minimum absolute atomic E-state index is 0.153. The van der Waals surface area contributed by atoms with Gasteiger partial charge in [0.1, 0.15) is 11.6 Å². The fourth-order valence-electron chi connectivity index (χ4n) is 3.60. The van der Waals surface area contributed by atoms with Gasteiger partial charge in [-0.05, 0) is 71.6 Å². The van der Waals surface area contributed by atoms with Gasteiger partial charge in [0, 0.05) is 16.1 Å². The van der Waals surface area contributed by atoms with Crippen LogP contribution in [0.2, 0.25) is 5.02 Å². The van der Waals surface area contributed by atoms with Gasteiger partial charge < -0.3 is 9.84 Å². The van der Waals surface area contributed by atoms with E-state index in [4.69, 9.17) is 21.4 Å². The van der Waals surface area contributed by atoms with Crippen molar-refractivity contribution in [1.82, 2.24) is 9.78 Å². The number of rotatable bonds is 6. The second-order valence-corrected chi connectivity index (χ2v) is 9.39. The van der Waals surface area contributed by atoms with Gasteiger partial charge >= 0.3 is 5.97 Å². The summed E-state index contributed by atoms with van der Waals surface area (Å²) < 4.78 is 21.0. The van der Waals surface area contributed by atoms with Crippen LogP contribution >= 0.6 is 11.6 Å². The van der Waals surface area contributed by atoms with Gasteiger partial charge in [-0.25, -0.2) is 13.9 Å². The molecule has 1 N–H and O–H groups in total. The zero-order chi connectivity index (χ0) is 24.5. The van der Waals surface area contributed by atoms with Crippen LogP contribution in [-0.2, 0) is 10.2 Å². The average Bonchev–Trinajstić information content (AvgIpc) is 3.22. The molecule has 34 heavy (non-hydrogen) atoms. The molecule has 0 bridgehead atoms. The smallest absolute Gasteiger partial charge is 0.341 e. The van der Waals surface area contributed by atoms with E-state index in [0.29, 0.717) is 22.0 Å². The van der Waals surface area contributed by atoms with Crippen LogP contribution in [0.4, 0.5) is 4.39 Å². The highest BCUT2D eigenvalue weighted by molar-refractivity contribution is 6.30. The third-order valence-electron chi connectivity index (χ3n) is 5.38. The SMILES string of the molecule is CC(C)(C)c1ccc(-c2cc(-c3ccc(F)cc3)n(-c3cccc(Cl)c3)n2)c(OCC(=O)O)c1. The van der Waals surface area contributed by atoms with Crippen LogP contribution in [-0.4, -0.2) is 27.5 Å². The molecule has 0 saturated heterocycles. The number of ether oxygens (including phenoxy) is 1. The Balaban J connectivity index is 1.90. The lowest BCUT2D eigenvalue weighted by Crippen LogP contribution is -2.13. The number of carboxylic acid groups (broad SMARTS) is 1. The Labute approximate surface area is 202 Å². The van der Waals surface area contributed by atoms with E-state index >= 15 is 0 Å². The predicted octanol–water partition coefficient (Wildman–Crippen LogP) is 6.76. The third-order valence-corrected chi connectivity index (χ3v) is 5.61. The molecule has 0 aliphatic heterocycles. The van der Waals surface area contributed by atoms with Crippen LogP contribution in [0.15, 0.2) is 72.8 Å². The Morgan fingerprint density at radius 1 is 1.06 bits per heavy atom. The Hall–Kier alpha value is -3.64. The van der Waals surface area contributed by atoms with Gasteiger partial charge in [0.25, 0.3) is 0 Å². The van der Waals surface area contributed by atoms with Crippen molar-refractivity contribution in [3.63, 3.8) is 0 Å². The van der Waals surface area contributed by atoms with Crippen molar-refractivity contribution in [1.29, 1.82) is 0 Å². The Kier molecular flexibility index (Phi) is 6.44. The van der Waals surface area contributed by atoms with Crippen LogP contribution in [0.1, 0.15) is 26.3 Å². The van der Waals surface area contributed by atoms with Crippen LogP contribution in [0.25, 0.3) is 28.2 Å². The van der Waals surface area contributed by atoms with Gasteiger partial charge in [0.05, 0.1) is 17.1 Å². The highest BCUT2D eigenvalue weighted by Crippen LogP contribution is 2.37. The molecule has 0 spiro atoms. The molecule has 0 unspecified atom stereocenters. The molecule has 5 nitrogen and oxygen atoms in total. The topological polar surface area (TPSA) is 64.4 Å². The van der Waals surface area contributed by atoms with E-state index in [2.05, 4.69) is 20.8 Å². The standard InChI is InChI=1S/C27H24ClFN2O3/c1-27(2,3)18-9-12-22(25(13-18)34-16-26(32)33)23-15-24(17-7-10-20(29)11-8-17)31(30-23)21-6-4-5-19(28)14-21/h4-15H,16H2,1-3H3,(H,32,33). The Bertz CT molecular complexity index is 1340. The summed E-state index contributed by atoms with van der Waals surface area (Å²) in [6.45, 7) is 5.75. The first-order valence-electron chi connectivity index (χ1n) is 10.7. The van der Waals surface area contributed by atoms with Gasteiger partial charge in [-0.2, -0.15) is 5.10 Å². The second-order valence-electron chi connectivity index (χ2n) is 8.96. The summed E-state index contributed by atoms with van der Waals surface area (Å²) in [5, 5.41) is 14.5. The maximum absolute atomic E-state index is 13.6. The number of carbonyl (C=O) groups is 1. The Morgan fingerprint density at radius 3 is 2.44 bits per heavy atom. The maximum Gasteiger partial charge on any atom is 0.341 e. The van der Waals surface area contributed by atoms with Crippen LogP contribution < -0.4 is 4.74 Å². The second kappa shape index (κ2) is 9.31. The first kappa shape index (κ1) is 23.5. The first-order chi connectivity index (χ1) is 16.1. The van der Waals surface area contributed by atoms with Gasteiger partial charge in [-0.3, -0.25) is 0 Å². The molecule has 4 aromatic rings. The fourth-order valence-corrected chi connectivity index (χ4v) is 3.79. The van der Waals surface area contributed by atoms with Crippen LogP contribution in [0.3, 0.4) is 0 Å². The molecule has 3 aromatic carbocycles. The van der Waals surface area contributed by atoms with Gasteiger partial charge in [-0.1, -0.05) is 44.5 Å². The number of aliphatic carboxylic acids is 1. The van der Waals surface area contributed by atoms with Gasteiger partial charge in [-0.15, -0.1) is 0 Å². The number of benzene rings is 3. The number of carboxylic acids is 1. The number of hydrogen-bond donors (Lipinski definition) is 1. The summed E-state index contributed by atoms with van der Waals surface area (Å²) in [6.07, 6.45) is 0. The maximum atomic E-state index is 13.6. The normalized spacial score (nSPS) is 11.4. The van der Waals surface area contributed by atoms with Crippen molar-refractivity contribution in [3.05, 3.63) is 89.2 Å². The predicted molar refractivity (Wildman–Crippen MR) is 131 cm³/mol. The molecule has 0 aliphatic rings. The highest BCUT2D eigenvalue weighted by atomic mass is 35.5. The zero-order valence-electron chi connectivity index (χ0n) is 19.0. The van der Waals surface area contributed by atoms with E-state index in [0.717, 1.165) is 22.5 Å². The van der Waals surface area contributed by atoms with E-state index in [-0.39, 0.29) is 11.2 Å². The molecular weight excluding hydrogens is 455 g/mol. The summed E-state index contributed by atoms with van der Waals surface area (Å²) in [6, 6.07) is 21.0. The fraction of sp³-hybridized carbons (Fsp3) is 0.185. The lowest BCUT2D eigenvalue weighted by atomic mass is 9.86. The van der Waals surface area contributed by atoms with Crippen molar-refractivity contribution in [3.8, 4) is 34.0 Å². The van der Waals surface area contributed by atoms with E-state index in [9.17, 15) is 14.3 Å². The largest absolute Gasteiger partial charge is 0.481 e. The summed E-state index contributed by atoms with van der Waals surface area (Å²) in [5.74, 6) is -0.972. The lowest BCUT2D eigenvalue weighted by Gasteiger charge is -2.21. The van der Waals surface area contributed by atoms with Crippen molar-refractivity contribution in [2.45, 2.75) is 26.2 Å². The molecule has 4 rings (SSSR count). The number of aromatic nitrogens is 2. The minimum atomic E-state index is -1.07. The molecule has 0 fully saturated rings. The minimum Gasteiger partial charge on any atom is -0.481 e. The summed E-state index contributed by atoms with van der Waals surface area (Å²) in [7, 11) is 0. The summed E-state index contributed by atoms with van der Waals surface area (Å²) >= 11 is 6.23. The number of nitrogens with zero attached hydrogens (tertiary/aromatic N) is 2. The molecule has 0 aliphatic carbocycles. The first-order valence-corrected chi connectivity index (χ1v) is 11.1. The Morgan fingerprint density at radius 2 is 1.79 bits per heavy atom. The van der Waals surface area contributed by atoms with E-state index in [1.54, 1.807) is 28.9 Å². The van der Waals surface area contributed by atoms with E-state index < -0.39 is 12.6 Å². The molecule has 174 valence electrons. The molecule has 1 heterocycles. The monoisotopic (exact) mass is 478 g/mol. The van der Waals surface area contributed by atoms with E-state index in [1.165, 1.54) is 12.1 Å². The summed E-state index contributed by atoms with van der Waals surface area (Å²) in [4.78, 5) is 11.2. The van der Waals surface area contributed by atoms with E-state index in [1.807, 2.05) is 36.4 Å². The number of hydrogen-bond acceptors (Lipinski definition) is 3. The van der Waals surface area contributed by atoms with Gasteiger partial charge in [0.2, 0.25) is 0 Å². The average molecular weight is 479 g/mol. The quantitative estimate of drug-likeness (QED) is 0.332. The molecule has 0 radical (unpaired) electrons. The molecular formula is C27H24ClFN2O3. The van der Waals surface area contributed by atoms with Crippen LogP contribution in [0.5, 0.6) is 5.75 Å². The lowest BCUT2D eigenvalue weighted by molar-refractivity contribution is -0.139. The summed E-state index contributed by atoms with van der Waals surface area (Å²) in [5.41, 5.74) is 4.31. The molecule has 0 atom stereocenters. The highest BCUT2D eigenvalue weighted by Gasteiger charge is 2.20. The van der Waals surface area contributed by atoms with Crippen LogP contribution in [0, 0.1) is 5.82 Å². The molecule has 7 heteroatoms. The van der Waals surface area contributed by atoms with Gasteiger partial charge in [0.15, 0.2) is 6.61 Å². The van der Waals surface area contributed by atoms with Crippen molar-refractivity contribution in [2.24, 2.45) is 0 Å². The van der Waals surface area contributed by atoms with Crippen molar-refractivity contribution in [2.75, 3.05) is 6.61 Å². The molecule has 0 saturated carbocycles. The molecule has 1 aromatic heterocycles. The zero-order valence-corrected chi connectivity index (χ0v) is 19.8. The molecule has 0 amide bonds. The number of halogens is 2. The van der Waals surface area contributed by atoms with Crippen molar-refractivity contribution < 1.29 is 19.0 Å².